The lowest BCUT2D eigenvalue weighted by Crippen LogP contribution is -2.26. The van der Waals surface area contributed by atoms with Gasteiger partial charge in [-0.05, 0) is 26.0 Å². The number of nitrogens with zero attached hydrogens (tertiary/aromatic N) is 1. The monoisotopic (exact) mass is 356 g/mol. The fourth-order valence-electron chi connectivity index (χ4n) is 1.51. The number of rotatable bonds is 4. The van der Waals surface area contributed by atoms with E-state index in [0.717, 1.165) is 16.2 Å². The summed E-state index contributed by atoms with van der Waals surface area (Å²) >= 11 is 13.9. The van der Waals surface area contributed by atoms with Crippen LogP contribution < -0.4 is 4.72 Å². The van der Waals surface area contributed by atoms with E-state index in [9.17, 15) is 8.42 Å². The lowest BCUT2D eigenvalue weighted by atomic mass is 10.3. The quantitative estimate of drug-likeness (QED) is 0.904. The molecule has 2 aromatic rings. The highest BCUT2D eigenvalue weighted by atomic mass is 35.5. The lowest BCUT2D eigenvalue weighted by Gasteiger charge is -2.11. The minimum Gasteiger partial charge on any atom is -0.229 e. The fraction of sp³-hybridized carbons (Fsp3) is 0.300. The van der Waals surface area contributed by atoms with Crippen LogP contribution in [0.25, 0.3) is 0 Å². The molecule has 2 rings (SSSR count). The largest absolute Gasteiger partial charge is 0.252 e. The first-order chi connectivity index (χ1) is 8.79. The van der Waals surface area contributed by atoms with Crippen LogP contribution in [0.3, 0.4) is 0 Å². The highest BCUT2D eigenvalue weighted by molar-refractivity contribution is 7.91. The van der Waals surface area contributed by atoms with Crippen molar-refractivity contribution in [3.05, 3.63) is 31.5 Å². The first kappa shape index (κ1) is 15.2. The first-order valence-corrected chi connectivity index (χ1v) is 9.07. The summed E-state index contributed by atoms with van der Waals surface area (Å²) < 4.78 is 28.0. The molecule has 0 aliphatic rings. The topological polar surface area (TPSA) is 59.1 Å². The van der Waals surface area contributed by atoms with E-state index in [1.807, 2.05) is 0 Å². The van der Waals surface area contributed by atoms with Crippen molar-refractivity contribution in [2.24, 2.45) is 0 Å². The van der Waals surface area contributed by atoms with Gasteiger partial charge in [-0.3, -0.25) is 0 Å². The van der Waals surface area contributed by atoms with Crippen LogP contribution in [-0.4, -0.2) is 13.4 Å². The van der Waals surface area contributed by atoms with Crippen LogP contribution >= 0.6 is 45.9 Å². The number of aryl methyl sites for hydroxylation is 1. The third kappa shape index (κ3) is 3.48. The van der Waals surface area contributed by atoms with Gasteiger partial charge in [0, 0.05) is 4.88 Å². The molecule has 104 valence electrons. The Morgan fingerprint density at radius 3 is 2.47 bits per heavy atom. The Hall–Kier alpha value is -0.180. The standard InChI is InChI=1S/C10H10Cl2N2O2S3/c1-5(7-3-4-8(11)17-7)14-19(15,16)9-6(2)13-10(12)18-9/h3-5,14H,1-2H3. The van der Waals surface area contributed by atoms with E-state index >= 15 is 0 Å². The zero-order chi connectivity index (χ0) is 14.2. The minimum atomic E-state index is -3.62. The number of hydrogen-bond acceptors (Lipinski definition) is 5. The van der Waals surface area contributed by atoms with E-state index in [-0.39, 0.29) is 14.7 Å². The summed E-state index contributed by atoms with van der Waals surface area (Å²) in [5.74, 6) is 0. The van der Waals surface area contributed by atoms with Crippen LogP contribution in [0, 0.1) is 6.92 Å². The Bertz CT molecular complexity index is 693. The molecule has 0 saturated heterocycles. The second-order valence-electron chi connectivity index (χ2n) is 3.82. The van der Waals surface area contributed by atoms with Crippen molar-refractivity contribution in [1.29, 1.82) is 0 Å². The molecule has 1 atom stereocenters. The van der Waals surface area contributed by atoms with Crippen molar-refractivity contribution in [2.45, 2.75) is 24.1 Å². The number of sulfonamides is 1. The van der Waals surface area contributed by atoms with Gasteiger partial charge < -0.3 is 0 Å². The molecule has 0 bridgehead atoms. The molecule has 1 unspecified atom stereocenters. The fourth-order valence-corrected chi connectivity index (χ4v) is 5.62. The summed E-state index contributed by atoms with van der Waals surface area (Å²) in [5, 5.41) is 0. The molecular weight excluding hydrogens is 347 g/mol. The van der Waals surface area contributed by atoms with Gasteiger partial charge in [0.15, 0.2) is 8.68 Å². The summed E-state index contributed by atoms with van der Waals surface area (Å²) in [4.78, 5) is 4.76. The van der Waals surface area contributed by atoms with Gasteiger partial charge in [-0.2, -0.15) is 0 Å². The smallest absolute Gasteiger partial charge is 0.229 e. The predicted octanol–water partition coefficient (Wildman–Crippen LogP) is 3.86. The lowest BCUT2D eigenvalue weighted by molar-refractivity contribution is 0.570. The van der Waals surface area contributed by atoms with E-state index in [4.69, 9.17) is 23.2 Å². The van der Waals surface area contributed by atoms with Crippen molar-refractivity contribution in [1.82, 2.24) is 9.71 Å². The van der Waals surface area contributed by atoms with Gasteiger partial charge in [-0.1, -0.05) is 34.5 Å². The van der Waals surface area contributed by atoms with Crippen LogP contribution in [0.1, 0.15) is 23.5 Å². The van der Waals surface area contributed by atoms with E-state index in [1.165, 1.54) is 11.3 Å². The molecule has 0 saturated carbocycles. The molecule has 0 amide bonds. The Morgan fingerprint density at radius 2 is 2.00 bits per heavy atom. The van der Waals surface area contributed by atoms with Gasteiger partial charge in [-0.25, -0.2) is 18.1 Å². The first-order valence-electron chi connectivity index (χ1n) is 5.20. The van der Waals surface area contributed by atoms with E-state index in [1.54, 1.807) is 26.0 Å². The van der Waals surface area contributed by atoms with Gasteiger partial charge >= 0.3 is 0 Å². The number of halogens is 2. The van der Waals surface area contributed by atoms with Crippen molar-refractivity contribution in [3.63, 3.8) is 0 Å². The number of thiophene rings is 1. The van der Waals surface area contributed by atoms with Crippen LogP contribution in [0.15, 0.2) is 16.3 Å². The summed E-state index contributed by atoms with van der Waals surface area (Å²) in [7, 11) is -3.62. The highest BCUT2D eigenvalue weighted by Crippen LogP contribution is 2.30. The van der Waals surface area contributed by atoms with E-state index in [0.29, 0.717) is 10.0 Å². The van der Waals surface area contributed by atoms with Crippen molar-refractivity contribution >= 4 is 55.9 Å². The van der Waals surface area contributed by atoms with Crippen LogP contribution in [0.2, 0.25) is 8.80 Å². The maximum absolute atomic E-state index is 12.2. The van der Waals surface area contributed by atoms with Gasteiger partial charge in [0.1, 0.15) is 0 Å². The third-order valence-corrected chi connectivity index (χ3v) is 7.15. The van der Waals surface area contributed by atoms with Gasteiger partial charge in [0.05, 0.1) is 16.1 Å². The van der Waals surface area contributed by atoms with Crippen molar-refractivity contribution < 1.29 is 8.42 Å². The Kier molecular flexibility index (Phi) is 4.54. The van der Waals surface area contributed by atoms with Crippen LogP contribution in [0.5, 0.6) is 0 Å². The molecule has 0 fully saturated rings. The molecule has 4 nitrogen and oxygen atoms in total. The second-order valence-corrected chi connectivity index (χ2v) is 9.06. The van der Waals surface area contributed by atoms with E-state index in [2.05, 4.69) is 9.71 Å². The van der Waals surface area contributed by atoms with Crippen LogP contribution in [0.4, 0.5) is 0 Å². The van der Waals surface area contributed by atoms with Gasteiger partial charge in [-0.15, -0.1) is 11.3 Å². The average molecular weight is 357 g/mol. The Morgan fingerprint density at radius 1 is 1.32 bits per heavy atom. The summed E-state index contributed by atoms with van der Waals surface area (Å²) in [5.41, 5.74) is 0.402. The second kappa shape index (κ2) is 5.67. The molecule has 0 aromatic carbocycles. The number of nitrogens with one attached hydrogen (secondary N) is 1. The third-order valence-electron chi connectivity index (χ3n) is 2.32. The molecule has 0 radical (unpaired) electrons. The normalized spacial score (nSPS) is 13.7. The molecule has 2 aromatic heterocycles. The average Bonchev–Trinajstić information content (AvgIpc) is 2.84. The molecule has 0 spiro atoms. The summed E-state index contributed by atoms with van der Waals surface area (Å²) in [6.45, 7) is 3.38. The van der Waals surface area contributed by atoms with Crippen molar-refractivity contribution in [2.75, 3.05) is 0 Å². The predicted molar refractivity (Wildman–Crippen MR) is 79.9 cm³/mol. The molecule has 0 aliphatic heterocycles. The highest BCUT2D eigenvalue weighted by Gasteiger charge is 2.24. The van der Waals surface area contributed by atoms with Gasteiger partial charge in [0.25, 0.3) is 10.0 Å². The SMILES string of the molecule is Cc1nc(Cl)sc1S(=O)(=O)NC(C)c1ccc(Cl)s1. The number of thiazole rings is 1. The molecule has 9 heteroatoms. The zero-order valence-corrected chi connectivity index (χ0v) is 13.9. The van der Waals surface area contributed by atoms with E-state index < -0.39 is 10.0 Å². The molecule has 19 heavy (non-hydrogen) atoms. The maximum Gasteiger partial charge on any atom is 0.252 e. The Labute approximate surface area is 129 Å². The summed E-state index contributed by atoms with van der Waals surface area (Å²) in [6.07, 6.45) is 0. The zero-order valence-electron chi connectivity index (χ0n) is 9.98. The molecular formula is C10H10Cl2N2O2S3. The number of aromatic nitrogens is 1. The molecule has 2 heterocycles. The maximum atomic E-state index is 12.2. The molecule has 1 N–H and O–H groups in total. The number of hydrogen-bond donors (Lipinski definition) is 1. The summed E-state index contributed by atoms with van der Waals surface area (Å²) in [6, 6.07) is 3.18. The minimum absolute atomic E-state index is 0.145. The Balaban J connectivity index is 2.24. The van der Waals surface area contributed by atoms with Gasteiger partial charge in [0.2, 0.25) is 0 Å². The molecule has 0 aliphatic carbocycles. The van der Waals surface area contributed by atoms with Crippen LogP contribution in [-0.2, 0) is 10.0 Å². The van der Waals surface area contributed by atoms with Crippen molar-refractivity contribution in [3.8, 4) is 0 Å².